The first-order valence-corrected chi connectivity index (χ1v) is 6.66. The summed E-state index contributed by atoms with van der Waals surface area (Å²) >= 11 is 0. The maximum atomic E-state index is 12.1. The number of nitrogens with zero attached hydrogens (tertiary/aromatic N) is 2. The van der Waals surface area contributed by atoms with Crippen LogP contribution in [0.2, 0.25) is 0 Å². The largest absolute Gasteiger partial charge is 0.495 e. The molecule has 0 aliphatic carbocycles. The number of carbonyl (C=O) groups is 1. The van der Waals surface area contributed by atoms with E-state index in [2.05, 4.69) is 5.10 Å². The predicted octanol–water partition coefficient (Wildman–Crippen LogP) is 2.41. The highest BCUT2D eigenvalue weighted by atomic mass is 16.5. The van der Waals surface area contributed by atoms with E-state index < -0.39 is 5.97 Å². The summed E-state index contributed by atoms with van der Waals surface area (Å²) in [5.74, 6) is -0.0426. The monoisotopic (exact) mass is 289 g/mol. The van der Waals surface area contributed by atoms with Gasteiger partial charge in [-0.15, -0.1) is 0 Å². The molecule has 0 bridgehead atoms. The summed E-state index contributed by atoms with van der Waals surface area (Å²) in [6.07, 6.45) is 1.85. The third kappa shape index (κ3) is 3.34. The number of hydrogen-bond donors (Lipinski definition) is 1. The van der Waals surface area contributed by atoms with Gasteiger partial charge < -0.3 is 15.2 Å². The quantitative estimate of drug-likeness (QED) is 0.675. The molecule has 1 aromatic heterocycles. The highest BCUT2D eigenvalue weighted by Gasteiger charge is 2.15. The number of carbonyl (C=O) groups excluding carboxylic acids is 1. The van der Waals surface area contributed by atoms with Gasteiger partial charge in [-0.05, 0) is 32.0 Å². The zero-order chi connectivity index (χ0) is 15.4. The van der Waals surface area contributed by atoms with Crippen LogP contribution in [-0.4, -0.2) is 22.9 Å². The van der Waals surface area contributed by atoms with Gasteiger partial charge in [0, 0.05) is 12.2 Å². The van der Waals surface area contributed by atoms with Crippen LogP contribution < -0.4 is 10.5 Å². The van der Waals surface area contributed by atoms with Crippen molar-refractivity contribution in [2.75, 3.05) is 12.8 Å². The smallest absolute Gasteiger partial charge is 0.340 e. The molecular weight excluding hydrogens is 270 g/mol. The number of benzene rings is 1. The van der Waals surface area contributed by atoms with Gasteiger partial charge in [0.25, 0.3) is 0 Å². The van der Waals surface area contributed by atoms with Crippen LogP contribution in [-0.2, 0) is 11.3 Å². The lowest BCUT2D eigenvalue weighted by Crippen LogP contribution is -2.10. The molecule has 0 radical (unpaired) electrons. The Morgan fingerprint density at radius 3 is 2.76 bits per heavy atom. The minimum Gasteiger partial charge on any atom is -0.495 e. The van der Waals surface area contributed by atoms with E-state index in [1.54, 1.807) is 18.2 Å². The lowest BCUT2D eigenvalue weighted by Gasteiger charge is -2.09. The number of esters is 1. The van der Waals surface area contributed by atoms with E-state index in [1.807, 2.05) is 30.8 Å². The summed E-state index contributed by atoms with van der Waals surface area (Å²) < 4.78 is 12.1. The van der Waals surface area contributed by atoms with Gasteiger partial charge in [-0.3, -0.25) is 4.68 Å². The molecule has 21 heavy (non-hydrogen) atoms. The zero-order valence-electron chi connectivity index (χ0n) is 12.4. The van der Waals surface area contributed by atoms with Crippen LogP contribution in [0.15, 0.2) is 30.5 Å². The van der Waals surface area contributed by atoms with Crippen LogP contribution in [0.25, 0.3) is 0 Å². The molecule has 0 fully saturated rings. The van der Waals surface area contributed by atoms with Crippen LogP contribution in [0.4, 0.5) is 5.69 Å². The summed E-state index contributed by atoms with van der Waals surface area (Å²) in [6.45, 7) is 4.16. The first-order chi connectivity index (χ1) is 10.0. The number of ether oxygens (including phenoxy) is 2. The number of aromatic nitrogens is 2. The standard InChI is InChI=1S/C15H19N3O3/c1-10(2)18-8-7-11(17-18)9-21-15(19)12-5-4-6-13(20-3)14(12)16/h4-8,10H,9,16H2,1-3H3. The molecule has 2 N–H and O–H groups in total. The Bertz CT molecular complexity index is 635. The lowest BCUT2D eigenvalue weighted by atomic mass is 10.1. The van der Waals surface area contributed by atoms with Gasteiger partial charge in [0.15, 0.2) is 0 Å². The van der Waals surface area contributed by atoms with Crippen molar-refractivity contribution in [2.24, 2.45) is 0 Å². The van der Waals surface area contributed by atoms with Gasteiger partial charge in [-0.25, -0.2) is 4.79 Å². The van der Waals surface area contributed by atoms with E-state index in [-0.39, 0.29) is 23.9 Å². The second kappa shape index (κ2) is 6.30. The van der Waals surface area contributed by atoms with E-state index >= 15 is 0 Å². The highest BCUT2D eigenvalue weighted by molar-refractivity contribution is 5.96. The minimum atomic E-state index is -0.495. The van der Waals surface area contributed by atoms with E-state index in [1.165, 1.54) is 7.11 Å². The first-order valence-electron chi connectivity index (χ1n) is 6.66. The van der Waals surface area contributed by atoms with Gasteiger partial charge >= 0.3 is 5.97 Å². The Balaban J connectivity index is 2.04. The van der Waals surface area contributed by atoms with Crippen LogP contribution in [0.5, 0.6) is 5.75 Å². The Hall–Kier alpha value is -2.50. The van der Waals surface area contributed by atoms with Crippen LogP contribution >= 0.6 is 0 Å². The van der Waals surface area contributed by atoms with Crippen molar-refractivity contribution >= 4 is 11.7 Å². The predicted molar refractivity (Wildman–Crippen MR) is 79.1 cm³/mol. The van der Waals surface area contributed by atoms with Crippen molar-refractivity contribution in [3.05, 3.63) is 41.7 Å². The molecule has 1 heterocycles. The number of nitrogens with two attached hydrogens (primary N) is 1. The average molecular weight is 289 g/mol. The highest BCUT2D eigenvalue weighted by Crippen LogP contribution is 2.25. The molecule has 2 aromatic rings. The number of para-hydroxylation sites is 1. The maximum absolute atomic E-state index is 12.1. The number of hydrogen-bond acceptors (Lipinski definition) is 5. The lowest BCUT2D eigenvalue weighted by molar-refractivity contribution is 0.0468. The number of rotatable bonds is 5. The molecule has 0 saturated carbocycles. The minimum absolute atomic E-state index is 0.106. The van der Waals surface area contributed by atoms with Crippen molar-refractivity contribution in [3.8, 4) is 5.75 Å². The normalized spacial score (nSPS) is 10.7. The van der Waals surface area contributed by atoms with Crippen molar-refractivity contribution < 1.29 is 14.3 Å². The Labute approximate surface area is 123 Å². The second-order valence-corrected chi connectivity index (χ2v) is 4.88. The Morgan fingerprint density at radius 1 is 1.38 bits per heavy atom. The van der Waals surface area contributed by atoms with E-state index in [0.29, 0.717) is 11.4 Å². The first kappa shape index (κ1) is 14.9. The van der Waals surface area contributed by atoms with E-state index in [4.69, 9.17) is 15.2 Å². The molecule has 0 aliphatic heterocycles. The fourth-order valence-corrected chi connectivity index (χ4v) is 1.86. The van der Waals surface area contributed by atoms with Crippen molar-refractivity contribution in [3.63, 3.8) is 0 Å². The van der Waals surface area contributed by atoms with Gasteiger partial charge in [0.05, 0.1) is 24.1 Å². The molecule has 6 heteroatoms. The number of anilines is 1. The Morgan fingerprint density at radius 2 is 2.14 bits per heavy atom. The molecular formula is C15H19N3O3. The zero-order valence-corrected chi connectivity index (χ0v) is 12.4. The molecule has 0 aliphatic rings. The molecule has 1 aromatic carbocycles. The summed E-state index contributed by atoms with van der Waals surface area (Å²) in [5, 5.41) is 4.32. The fourth-order valence-electron chi connectivity index (χ4n) is 1.86. The summed E-state index contributed by atoms with van der Waals surface area (Å²) in [7, 11) is 1.50. The number of methoxy groups -OCH3 is 1. The van der Waals surface area contributed by atoms with Gasteiger partial charge in [-0.1, -0.05) is 6.07 Å². The molecule has 112 valence electrons. The van der Waals surface area contributed by atoms with Crippen molar-refractivity contribution in [1.82, 2.24) is 9.78 Å². The third-order valence-electron chi connectivity index (χ3n) is 3.05. The molecule has 0 spiro atoms. The molecule has 6 nitrogen and oxygen atoms in total. The van der Waals surface area contributed by atoms with Crippen LogP contribution in [0, 0.1) is 0 Å². The third-order valence-corrected chi connectivity index (χ3v) is 3.05. The molecule has 0 atom stereocenters. The van der Waals surface area contributed by atoms with Crippen molar-refractivity contribution in [1.29, 1.82) is 0 Å². The van der Waals surface area contributed by atoms with Crippen molar-refractivity contribution in [2.45, 2.75) is 26.5 Å². The second-order valence-electron chi connectivity index (χ2n) is 4.88. The topological polar surface area (TPSA) is 79.4 Å². The summed E-state index contributed by atoms with van der Waals surface area (Å²) in [6, 6.07) is 7.08. The summed E-state index contributed by atoms with van der Waals surface area (Å²) in [4.78, 5) is 12.1. The van der Waals surface area contributed by atoms with Crippen LogP contribution in [0.1, 0.15) is 35.9 Å². The number of nitrogen functional groups attached to an aromatic ring is 1. The summed E-state index contributed by atoms with van der Waals surface area (Å²) in [5.41, 5.74) is 7.12. The van der Waals surface area contributed by atoms with Gasteiger partial charge in [-0.2, -0.15) is 5.10 Å². The average Bonchev–Trinajstić information content (AvgIpc) is 2.94. The molecule has 0 unspecified atom stereocenters. The van der Waals surface area contributed by atoms with E-state index in [9.17, 15) is 4.79 Å². The SMILES string of the molecule is COc1cccc(C(=O)OCc2ccn(C(C)C)n2)c1N. The molecule has 0 amide bonds. The van der Waals surface area contributed by atoms with E-state index in [0.717, 1.165) is 0 Å². The molecule has 2 rings (SSSR count). The Kier molecular flexibility index (Phi) is 4.47. The molecule has 0 saturated heterocycles. The maximum Gasteiger partial charge on any atom is 0.340 e. The fraction of sp³-hybridized carbons (Fsp3) is 0.333. The van der Waals surface area contributed by atoms with Gasteiger partial charge in [0.2, 0.25) is 0 Å². The van der Waals surface area contributed by atoms with Crippen LogP contribution in [0.3, 0.4) is 0 Å². The van der Waals surface area contributed by atoms with Gasteiger partial charge in [0.1, 0.15) is 12.4 Å².